The maximum absolute atomic E-state index is 12.1. The highest BCUT2D eigenvalue weighted by atomic mass is 16.5. The van der Waals surface area contributed by atoms with Gasteiger partial charge in [-0.05, 0) is 29.2 Å². The van der Waals surface area contributed by atoms with Crippen molar-refractivity contribution in [2.75, 3.05) is 39.5 Å². The quantitative estimate of drug-likeness (QED) is 0.521. The van der Waals surface area contributed by atoms with E-state index in [1.165, 1.54) is 16.0 Å². The van der Waals surface area contributed by atoms with Gasteiger partial charge in [0.1, 0.15) is 13.2 Å². The van der Waals surface area contributed by atoms with E-state index in [1.54, 1.807) is 6.92 Å². The minimum atomic E-state index is -0.954. The molecular weight excluding hydrogens is 412 g/mol. The van der Waals surface area contributed by atoms with Crippen molar-refractivity contribution < 1.29 is 29.0 Å². The Labute approximate surface area is 187 Å². The van der Waals surface area contributed by atoms with Crippen LogP contribution in [0.15, 0.2) is 48.5 Å². The Morgan fingerprint density at radius 2 is 1.66 bits per heavy atom. The summed E-state index contributed by atoms with van der Waals surface area (Å²) in [5, 5.41) is 11.3. The highest BCUT2D eigenvalue weighted by molar-refractivity contribution is 5.79. The van der Waals surface area contributed by atoms with Gasteiger partial charge in [0.05, 0.1) is 13.0 Å². The molecule has 2 aromatic rings. The molecule has 0 aliphatic heterocycles. The van der Waals surface area contributed by atoms with Crippen molar-refractivity contribution in [1.82, 2.24) is 10.2 Å². The number of aliphatic carboxylic acids is 1. The molecule has 8 heteroatoms. The van der Waals surface area contributed by atoms with Gasteiger partial charge in [0.25, 0.3) is 0 Å². The molecule has 0 saturated heterocycles. The van der Waals surface area contributed by atoms with E-state index in [9.17, 15) is 14.4 Å². The third-order valence-corrected chi connectivity index (χ3v) is 5.41. The van der Waals surface area contributed by atoms with Crippen molar-refractivity contribution >= 4 is 18.0 Å². The Kier molecular flexibility index (Phi) is 8.21. The summed E-state index contributed by atoms with van der Waals surface area (Å²) in [6, 6.07) is 16.2. The molecule has 170 valence electrons. The lowest BCUT2D eigenvalue weighted by Gasteiger charge is -2.19. The van der Waals surface area contributed by atoms with Crippen LogP contribution in [0.4, 0.5) is 4.79 Å². The van der Waals surface area contributed by atoms with E-state index < -0.39 is 12.1 Å². The van der Waals surface area contributed by atoms with Crippen LogP contribution in [-0.2, 0) is 19.1 Å². The predicted octanol–water partition coefficient (Wildman–Crippen LogP) is 2.86. The van der Waals surface area contributed by atoms with Gasteiger partial charge >= 0.3 is 12.1 Å². The van der Waals surface area contributed by atoms with Crippen LogP contribution in [0.1, 0.15) is 30.4 Å². The third-order valence-electron chi connectivity index (χ3n) is 5.41. The van der Waals surface area contributed by atoms with Crippen LogP contribution >= 0.6 is 0 Å². The lowest BCUT2D eigenvalue weighted by molar-refractivity contribution is -0.139. The largest absolute Gasteiger partial charge is 0.481 e. The molecule has 0 saturated carbocycles. The summed E-state index contributed by atoms with van der Waals surface area (Å²) in [4.78, 5) is 36.2. The Balaban J connectivity index is 1.38. The molecule has 0 fully saturated rings. The Morgan fingerprint density at radius 1 is 1.03 bits per heavy atom. The second kappa shape index (κ2) is 11.3. The molecule has 0 unspecified atom stereocenters. The van der Waals surface area contributed by atoms with Crippen LogP contribution in [0.25, 0.3) is 11.1 Å². The zero-order valence-corrected chi connectivity index (χ0v) is 18.1. The summed E-state index contributed by atoms with van der Waals surface area (Å²) in [6.45, 7) is 2.74. The summed E-state index contributed by atoms with van der Waals surface area (Å²) in [5.41, 5.74) is 4.62. The molecule has 32 heavy (non-hydrogen) atoms. The van der Waals surface area contributed by atoms with Crippen molar-refractivity contribution in [2.45, 2.75) is 19.3 Å². The average Bonchev–Trinajstić information content (AvgIpc) is 3.11. The van der Waals surface area contributed by atoms with E-state index in [0.717, 1.165) is 11.1 Å². The first-order chi connectivity index (χ1) is 15.5. The Hall–Kier alpha value is -3.39. The van der Waals surface area contributed by atoms with Crippen molar-refractivity contribution in [3.63, 3.8) is 0 Å². The molecule has 0 radical (unpaired) electrons. The monoisotopic (exact) mass is 440 g/mol. The minimum absolute atomic E-state index is 0.00662. The summed E-state index contributed by atoms with van der Waals surface area (Å²) in [6.07, 6.45) is -0.651. The van der Waals surface area contributed by atoms with Gasteiger partial charge in [-0.2, -0.15) is 0 Å². The van der Waals surface area contributed by atoms with Crippen molar-refractivity contribution in [2.24, 2.45) is 0 Å². The average molecular weight is 440 g/mol. The number of carboxylic acids is 1. The standard InChI is InChI=1S/C24H28N2O6/c1-2-26(13-11-23(28)29)22(27)16-31-14-12-25-24(30)32-15-21-19-9-5-3-7-17(19)18-8-4-6-10-20(18)21/h3-10,21H,2,11-16H2,1H3,(H,25,30)(H,28,29). The number of rotatable bonds is 11. The molecule has 2 amide bonds. The smallest absolute Gasteiger partial charge is 0.407 e. The molecule has 0 heterocycles. The van der Waals surface area contributed by atoms with Crippen LogP contribution in [-0.4, -0.2) is 67.4 Å². The molecule has 3 rings (SSSR count). The molecule has 0 bridgehead atoms. The van der Waals surface area contributed by atoms with Gasteiger partial charge in [0.15, 0.2) is 0 Å². The molecule has 2 N–H and O–H groups in total. The Morgan fingerprint density at radius 3 is 2.25 bits per heavy atom. The SMILES string of the molecule is CCN(CCC(=O)O)C(=O)COCCNC(=O)OCC1c2ccccc2-c2ccccc21. The molecule has 2 aromatic carbocycles. The van der Waals surface area contributed by atoms with Crippen molar-refractivity contribution in [1.29, 1.82) is 0 Å². The predicted molar refractivity (Wildman–Crippen MR) is 118 cm³/mol. The van der Waals surface area contributed by atoms with E-state index >= 15 is 0 Å². The van der Waals surface area contributed by atoms with Crippen LogP contribution in [0.2, 0.25) is 0 Å². The fraction of sp³-hybridized carbons (Fsp3) is 0.375. The maximum Gasteiger partial charge on any atom is 0.407 e. The number of benzene rings is 2. The number of amides is 2. The van der Waals surface area contributed by atoms with E-state index in [4.69, 9.17) is 14.6 Å². The van der Waals surface area contributed by atoms with Gasteiger partial charge < -0.3 is 24.8 Å². The van der Waals surface area contributed by atoms with Gasteiger partial charge in [-0.25, -0.2) is 4.79 Å². The number of hydrogen-bond donors (Lipinski definition) is 2. The minimum Gasteiger partial charge on any atom is -0.481 e. The highest BCUT2D eigenvalue weighted by Crippen LogP contribution is 2.44. The number of fused-ring (bicyclic) bond motifs is 3. The summed E-state index contributed by atoms with van der Waals surface area (Å²) >= 11 is 0. The number of carbonyl (C=O) groups is 3. The molecule has 1 aliphatic carbocycles. The third kappa shape index (κ3) is 5.85. The number of ether oxygens (including phenoxy) is 2. The van der Waals surface area contributed by atoms with Gasteiger partial charge in [0.2, 0.25) is 5.91 Å². The first-order valence-corrected chi connectivity index (χ1v) is 10.7. The molecule has 0 spiro atoms. The number of carboxylic acid groups (broad SMARTS) is 1. The molecular formula is C24H28N2O6. The zero-order valence-electron chi connectivity index (χ0n) is 18.1. The molecule has 1 aliphatic rings. The summed E-state index contributed by atoms with van der Waals surface area (Å²) in [5.74, 6) is -1.24. The molecule has 8 nitrogen and oxygen atoms in total. The highest BCUT2D eigenvalue weighted by Gasteiger charge is 2.28. The summed E-state index contributed by atoms with van der Waals surface area (Å²) in [7, 11) is 0. The van der Waals surface area contributed by atoms with Gasteiger partial charge in [-0.15, -0.1) is 0 Å². The second-order valence-electron chi connectivity index (χ2n) is 7.42. The van der Waals surface area contributed by atoms with Gasteiger partial charge in [0, 0.05) is 25.6 Å². The first-order valence-electron chi connectivity index (χ1n) is 10.7. The fourth-order valence-corrected chi connectivity index (χ4v) is 3.82. The maximum atomic E-state index is 12.1. The van der Waals surface area contributed by atoms with Gasteiger partial charge in [-0.1, -0.05) is 48.5 Å². The number of nitrogens with zero attached hydrogens (tertiary/aromatic N) is 1. The second-order valence-corrected chi connectivity index (χ2v) is 7.42. The topological polar surface area (TPSA) is 105 Å². The summed E-state index contributed by atoms with van der Waals surface area (Å²) < 4.78 is 10.7. The van der Waals surface area contributed by atoms with E-state index in [0.29, 0.717) is 6.54 Å². The Bertz CT molecular complexity index is 916. The number of carbonyl (C=O) groups excluding carboxylic acids is 2. The van der Waals surface area contributed by atoms with Crippen LogP contribution in [0.5, 0.6) is 0 Å². The molecule has 0 aromatic heterocycles. The number of nitrogens with one attached hydrogen (secondary N) is 1. The fourth-order valence-electron chi connectivity index (χ4n) is 3.82. The van der Waals surface area contributed by atoms with E-state index in [-0.39, 0.29) is 51.2 Å². The first kappa shape index (κ1) is 23.3. The van der Waals surface area contributed by atoms with Crippen LogP contribution in [0, 0.1) is 0 Å². The normalized spacial score (nSPS) is 12.0. The van der Waals surface area contributed by atoms with Crippen LogP contribution in [0.3, 0.4) is 0 Å². The number of likely N-dealkylation sites (N-methyl/N-ethyl adjacent to an activating group) is 1. The van der Waals surface area contributed by atoms with Crippen molar-refractivity contribution in [3.05, 3.63) is 59.7 Å². The van der Waals surface area contributed by atoms with E-state index in [1.807, 2.05) is 24.3 Å². The zero-order chi connectivity index (χ0) is 22.9. The number of hydrogen-bond acceptors (Lipinski definition) is 5. The molecule has 0 atom stereocenters. The lowest BCUT2D eigenvalue weighted by atomic mass is 9.98. The lowest BCUT2D eigenvalue weighted by Crippen LogP contribution is -2.36. The van der Waals surface area contributed by atoms with Crippen LogP contribution < -0.4 is 5.32 Å². The van der Waals surface area contributed by atoms with E-state index in [2.05, 4.69) is 29.6 Å². The van der Waals surface area contributed by atoms with Gasteiger partial charge in [-0.3, -0.25) is 9.59 Å². The number of alkyl carbamates (subject to hydrolysis) is 1. The van der Waals surface area contributed by atoms with Crippen molar-refractivity contribution in [3.8, 4) is 11.1 Å².